The molecule has 0 saturated heterocycles. The Balaban J connectivity index is 2.24. The molecule has 0 radical (unpaired) electrons. The zero-order chi connectivity index (χ0) is 14.0. The Kier molecular flexibility index (Phi) is 4.58. The van der Waals surface area contributed by atoms with Gasteiger partial charge in [0.15, 0.2) is 0 Å². The van der Waals surface area contributed by atoms with Crippen LogP contribution in [0.15, 0.2) is 24.3 Å². The second-order valence-corrected chi connectivity index (χ2v) is 7.15. The minimum Gasteiger partial charge on any atom is -0.325 e. The quantitative estimate of drug-likeness (QED) is 0.855. The van der Waals surface area contributed by atoms with Crippen molar-refractivity contribution in [2.45, 2.75) is 52.0 Å². The lowest BCUT2D eigenvalue weighted by atomic mass is 9.63. The monoisotopic (exact) mass is 279 g/mol. The second-order valence-electron chi connectivity index (χ2n) is 6.74. The molecular formula is C17H26ClN. The van der Waals surface area contributed by atoms with Gasteiger partial charge in [-0.25, -0.2) is 0 Å². The SMILES string of the molecule is CC1CCC(C(C)C)C(N)(Cc2ccccc2Cl)C1. The van der Waals surface area contributed by atoms with E-state index in [1.54, 1.807) is 0 Å². The van der Waals surface area contributed by atoms with Gasteiger partial charge in [0.05, 0.1) is 0 Å². The van der Waals surface area contributed by atoms with E-state index in [-0.39, 0.29) is 5.54 Å². The molecule has 1 nitrogen and oxygen atoms in total. The van der Waals surface area contributed by atoms with Gasteiger partial charge >= 0.3 is 0 Å². The van der Waals surface area contributed by atoms with Crippen molar-refractivity contribution in [3.05, 3.63) is 34.9 Å². The highest BCUT2D eigenvalue weighted by molar-refractivity contribution is 6.31. The first kappa shape index (κ1) is 14.9. The van der Waals surface area contributed by atoms with Crippen molar-refractivity contribution in [2.75, 3.05) is 0 Å². The number of nitrogens with two attached hydrogens (primary N) is 1. The summed E-state index contributed by atoms with van der Waals surface area (Å²) in [5.74, 6) is 1.96. The highest BCUT2D eigenvalue weighted by Gasteiger charge is 2.41. The molecule has 1 aromatic carbocycles. The topological polar surface area (TPSA) is 26.0 Å². The van der Waals surface area contributed by atoms with Gasteiger partial charge in [0.1, 0.15) is 0 Å². The molecule has 1 saturated carbocycles. The van der Waals surface area contributed by atoms with Gasteiger partial charge in [0.2, 0.25) is 0 Å². The lowest BCUT2D eigenvalue weighted by Crippen LogP contribution is -2.54. The fraction of sp³-hybridized carbons (Fsp3) is 0.647. The first-order chi connectivity index (χ1) is 8.92. The Morgan fingerprint density at radius 3 is 2.63 bits per heavy atom. The van der Waals surface area contributed by atoms with E-state index in [9.17, 15) is 0 Å². The van der Waals surface area contributed by atoms with E-state index in [0.717, 1.165) is 23.8 Å². The van der Waals surface area contributed by atoms with Crippen molar-refractivity contribution in [3.63, 3.8) is 0 Å². The van der Waals surface area contributed by atoms with Crippen LogP contribution < -0.4 is 5.73 Å². The number of hydrogen-bond donors (Lipinski definition) is 1. The van der Waals surface area contributed by atoms with Crippen LogP contribution in [0, 0.1) is 17.8 Å². The maximum absolute atomic E-state index is 6.84. The average molecular weight is 280 g/mol. The number of hydrogen-bond acceptors (Lipinski definition) is 1. The van der Waals surface area contributed by atoms with Gasteiger partial charge in [0, 0.05) is 10.6 Å². The maximum atomic E-state index is 6.84. The molecule has 106 valence electrons. The Morgan fingerprint density at radius 1 is 1.32 bits per heavy atom. The summed E-state index contributed by atoms with van der Waals surface area (Å²) in [5.41, 5.74) is 7.94. The minimum absolute atomic E-state index is 0.100. The summed E-state index contributed by atoms with van der Waals surface area (Å²) < 4.78 is 0. The standard InChI is InChI=1S/C17H26ClN/c1-12(2)15-9-8-13(3)10-17(15,19)11-14-6-4-5-7-16(14)18/h4-7,12-13,15H,8-11,19H2,1-3H3. The smallest absolute Gasteiger partial charge is 0.0438 e. The van der Waals surface area contributed by atoms with E-state index in [2.05, 4.69) is 32.9 Å². The van der Waals surface area contributed by atoms with E-state index >= 15 is 0 Å². The maximum Gasteiger partial charge on any atom is 0.0438 e. The van der Waals surface area contributed by atoms with Crippen LogP contribution in [0.3, 0.4) is 0 Å². The summed E-state index contributed by atoms with van der Waals surface area (Å²) >= 11 is 6.31. The van der Waals surface area contributed by atoms with Gasteiger partial charge in [-0.15, -0.1) is 0 Å². The van der Waals surface area contributed by atoms with Gasteiger partial charge in [-0.3, -0.25) is 0 Å². The first-order valence-electron chi connectivity index (χ1n) is 7.44. The van der Waals surface area contributed by atoms with E-state index in [4.69, 9.17) is 17.3 Å². The summed E-state index contributed by atoms with van der Waals surface area (Å²) in [6.45, 7) is 6.93. The summed E-state index contributed by atoms with van der Waals surface area (Å²) in [7, 11) is 0. The summed E-state index contributed by atoms with van der Waals surface area (Å²) in [5, 5.41) is 0.855. The Bertz CT molecular complexity index is 429. The zero-order valence-corrected chi connectivity index (χ0v) is 13.1. The molecule has 2 N–H and O–H groups in total. The highest BCUT2D eigenvalue weighted by atomic mass is 35.5. The molecule has 1 aliphatic carbocycles. The summed E-state index contributed by atoms with van der Waals surface area (Å²) in [6, 6.07) is 8.13. The predicted octanol–water partition coefficient (Wildman–Crippen LogP) is 4.67. The van der Waals surface area contributed by atoms with Crippen molar-refractivity contribution in [3.8, 4) is 0 Å². The molecule has 0 spiro atoms. The molecule has 0 heterocycles. The molecule has 1 fully saturated rings. The molecule has 3 atom stereocenters. The summed E-state index contributed by atoms with van der Waals surface area (Å²) in [6.07, 6.45) is 4.57. The van der Waals surface area contributed by atoms with Crippen molar-refractivity contribution in [1.82, 2.24) is 0 Å². The Morgan fingerprint density at radius 2 is 2.00 bits per heavy atom. The molecule has 0 aromatic heterocycles. The van der Waals surface area contributed by atoms with Crippen LogP contribution in [0.5, 0.6) is 0 Å². The average Bonchev–Trinajstić information content (AvgIpc) is 2.31. The predicted molar refractivity (Wildman–Crippen MR) is 83.4 cm³/mol. The van der Waals surface area contributed by atoms with Gasteiger partial charge in [-0.05, 0) is 48.6 Å². The number of benzene rings is 1. The van der Waals surface area contributed by atoms with E-state index in [1.807, 2.05) is 12.1 Å². The van der Waals surface area contributed by atoms with Gasteiger partial charge in [-0.1, -0.05) is 57.0 Å². The molecule has 2 heteroatoms. The largest absolute Gasteiger partial charge is 0.325 e. The third-order valence-electron chi connectivity index (χ3n) is 4.72. The van der Waals surface area contributed by atoms with E-state index in [0.29, 0.717) is 11.8 Å². The zero-order valence-electron chi connectivity index (χ0n) is 12.3. The molecule has 0 aliphatic heterocycles. The normalized spacial score (nSPS) is 31.7. The lowest BCUT2D eigenvalue weighted by molar-refractivity contribution is 0.109. The highest BCUT2D eigenvalue weighted by Crippen LogP contribution is 2.41. The second kappa shape index (κ2) is 5.85. The molecule has 19 heavy (non-hydrogen) atoms. The molecule has 2 rings (SSSR count). The number of halogens is 1. The van der Waals surface area contributed by atoms with Crippen molar-refractivity contribution >= 4 is 11.6 Å². The van der Waals surface area contributed by atoms with Crippen LogP contribution in [-0.4, -0.2) is 5.54 Å². The minimum atomic E-state index is -0.100. The van der Waals surface area contributed by atoms with Crippen LogP contribution in [0.1, 0.15) is 45.6 Å². The van der Waals surface area contributed by atoms with Crippen molar-refractivity contribution in [2.24, 2.45) is 23.5 Å². The molecule has 1 aromatic rings. The van der Waals surface area contributed by atoms with Crippen molar-refractivity contribution in [1.29, 1.82) is 0 Å². The fourth-order valence-corrected chi connectivity index (χ4v) is 4.05. The van der Waals surface area contributed by atoms with E-state index < -0.39 is 0 Å². The molecule has 3 unspecified atom stereocenters. The van der Waals surface area contributed by atoms with Crippen LogP contribution in [-0.2, 0) is 6.42 Å². The van der Waals surface area contributed by atoms with Gasteiger partial charge in [0.25, 0.3) is 0 Å². The fourth-order valence-electron chi connectivity index (χ4n) is 3.85. The van der Waals surface area contributed by atoms with Crippen LogP contribution in [0.4, 0.5) is 0 Å². The van der Waals surface area contributed by atoms with Crippen molar-refractivity contribution < 1.29 is 0 Å². The lowest BCUT2D eigenvalue weighted by Gasteiger charge is -2.46. The molecule has 0 amide bonds. The third-order valence-corrected chi connectivity index (χ3v) is 5.09. The first-order valence-corrected chi connectivity index (χ1v) is 7.82. The van der Waals surface area contributed by atoms with Crippen LogP contribution in [0.2, 0.25) is 5.02 Å². The molecule has 0 bridgehead atoms. The van der Waals surface area contributed by atoms with Crippen LogP contribution >= 0.6 is 11.6 Å². The van der Waals surface area contributed by atoms with Gasteiger partial charge in [-0.2, -0.15) is 0 Å². The molecular weight excluding hydrogens is 254 g/mol. The number of rotatable bonds is 3. The third kappa shape index (κ3) is 3.32. The Hall–Kier alpha value is -0.530. The molecule has 1 aliphatic rings. The van der Waals surface area contributed by atoms with Gasteiger partial charge < -0.3 is 5.73 Å². The van der Waals surface area contributed by atoms with E-state index in [1.165, 1.54) is 18.4 Å². The summed E-state index contributed by atoms with van der Waals surface area (Å²) in [4.78, 5) is 0. The Labute approximate surface area is 122 Å². The van der Waals surface area contributed by atoms with Crippen LogP contribution in [0.25, 0.3) is 0 Å².